The van der Waals surface area contributed by atoms with Crippen LogP contribution in [0.25, 0.3) is 5.82 Å². The summed E-state index contributed by atoms with van der Waals surface area (Å²) in [5, 5.41) is 0. The van der Waals surface area contributed by atoms with Gasteiger partial charge in [0.25, 0.3) is 5.91 Å². The molecule has 2 amide bonds. The van der Waals surface area contributed by atoms with Crippen LogP contribution in [-0.2, 0) is 4.79 Å². The Morgan fingerprint density at radius 2 is 1.80 bits per heavy atom. The van der Waals surface area contributed by atoms with Crippen molar-refractivity contribution < 1.29 is 14.0 Å². The van der Waals surface area contributed by atoms with E-state index in [4.69, 9.17) is 4.42 Å². The van der Waals surface area contributed by atoms with E-state index in [1.807, 2.05) is 21.7 Å². The van der Waals surface area contributed by atoms with Crippen molar-refractivity contribution in [3.05, 3.63) is 55.3 Å². The Balaban J connectivity index is 1.14. The number of piperazine rings is 1. The maximum absolute atomic E-state index is 12.8. The van der Waals surface area contributed by atoms with E-state index in [2.05, 4.69) is 19.9 Å². The molecule has 0 saturated carbocycles. The van der Waals surface area contributed by atoms with Gasteiger partial charge in [0.15, 0.2) is 5.76 Å². The second-order valence-electron chi connectivity index (χ2n) is 7.40. The van der Waals surface area contributed by atoms with Crippen molar-refractivity contribution in [2.45, 2.75) is 0 Å². The van der Waals surface area contributed by atoms with E-state index in [0.717, 1.165) is 11.6 Å². The molecule has 0 atom stereocenters. The monoisotopic (exact) mass is 407 g/mol. The van der Waals surface area contributed by atoms with Gasteiger partial charge in [0.1, 0.15) is 24.3 Å². The van der Waals surface area contributed by atoms with Crippen LogP contribution in [0.1, 0.15) is 10.6 Å². The molecule has 3 aromatic heterocycles. The van der Waals surface area contributed by atoms with Crippen LogP contribution in [0.2, 0.25) is 0 Å². The Morgan fingerprint density at radius 3 is 2.50 bits per heavy atom. The summed E-state index contributed by atoms with van der Waals surface area (Å²) in [6.07, 6.45) is 8.22. The highest BCUT2D eigenvalue weighted by molar-refractivity contribution is 5.91. The number of rotatable bonds is 4. The SMILES string of the molecule is O=C(c1ccco1)N1CCN(C(=O)C2CN(c3cc(-n4ccnc4)ncn3)C2)CC1. The molecule has 2 saturated heterocycles. The normalized spacial score (nSPS) is 17.1. The number of carbonyl (C=O) groups excluding carboxylic acids is 2. The zero-order valence-corrected chi connectivity index (χ0v) is 16.3. The highest BCUT2D eigenvalue weighted by Gasteiger charge is 2.37. The summed E-state index contributed by atoms with van der Waals surface area (Å²) in [4.78, 5) is 43.5. The molecule has 2 aliphatic heterocycles. The largest absolute Gasteiger partial charge is 0.459 e. The molecule has 0 unspecified atom stereocenters. The Kier molecular flexibility index (Phi) is 4.66. The molecule has 2 fully saturated rings. The first-order valence-corrected chi connectivity index (χ1v) is 9.86. The zero-order chi connectivity index (χ0) is 20.5. The summed E-state index contributed by atoms with van der Waals surface area (Å²) in [6, 6.07) is 5.25. The van der Waals surface area contributed by atoms with Gasteiger partial charge >= 0.3 is 0 Å². The van der Waals surface area contributed by atoms with Crippen LogP contribution in [-0.4, -0.2) is 80.4 Å². The fourth-order valence-electron chi connectivity index (χ4n) is 3.81. The van der Waals surface area contributed by atoms with E-state index in [9.17, 15) is 9.59 Å². The second-order valence-corrected chi connectivity index (χ2v) is 7.40. The zero-order valence-electron chi connectivity index (χ0n) is 16.3. The van der Waals surface area contributed by atoms with Gasteiger partial charge in [-0.2, -0.15) is 0 Å². The minimum absolute atomic E-state index is 0.0519. The number of aromatic nitrogens is 4. The third-order valence-corrected chi connectivity index (χ3v) is 5.57. The summed E-state index contributed by atoms with van der Waals surface area (Å²) in [7, 11) is 0. The third kappa shape index (κ3) is 3.40. The molecule has 0 spiro atoms. The van der Waals surface area contributed by atoms with Gasteiger partial charge in [0.2, 0.25) is 5.91 Å². The van der Waals surface area contributed by atoms with Crippen molar-refractivity contribution in [3.63, 3.8) is 0 Å². The van der Waals surface area contributed by atoms with Gasteiger partial charge in [0.05, 0.1) is 12.2 Å². The average Bonchev–Trinajstić information content (AvgIpc) is 3.47. The van der Waals surface area contributed by atoms with Crippen molar-refractivity contribution in [2.75, 3.05) is 44.2 Å². The molecule has 3 aromatic rings. The van der Waals surface area contributed by atoms with Crippen LogP contribution >= 0.6 is 0 Å². The smallest absolute Gasteiger partial charge is 0.289 e. The van der Waals surface area contributed by atoms with Gasteiger partial charge < -0.3 is 19.1 Å². The van der Waals surface area contributed by atoms with Gasteiger partial charge in [0, 0.05) is 57.7 Å². The van der Waals surface area contributed by atoms with Gasteiger partial charge in [-0.3, -0.25) is 14.2 Å². The van der Waals surface area contributed by atoms with Gasteiger partial charge in [-0.1, -0.05) is 0 Å². The molecule has 0 N–H and O–H groups in total. The molecule has 5 heterocycles. The number of hydrogen-bond donors (Lipinski definition) is 0. The molecule has 30 heavy (non-hydrogen) atoms. The Labute approximate surface area is 172 Å². The van der Waals surface area contributed by atoms with E-state index >= 15 is 0 Å². The van der Waals surface area contributed by atoms with Crippen LogP contribution in [0.3, 0.4) is 0 Å². The lowest BCUT2D eigenvalue weighted by Gasteiger charge is -2.43. The minimum atomic E-state index is -0.126. The van der Waals surface area contributed by atoms with Gasteiger partial charge in [-0.25, -0.2) is 15.0 Å². The average molecular weight is 407 g/mol. The molecule has 0 bridgehead atoms. The van der Waals surface area contributed by atoms with Gasteiger partial charge in [-0.05, 0) is 12.1 Å². The predicted molar refractivity (Wildman–Crippen MR) is 106 cm³/mol. The lowest BCUT2D eigenvalue weighted by atomic mass is 9.98. The van der Waals surface area contributed by atoms with E-state index in [1.165, 1.54) is 12.6 Å². The molecular weight excluding hydrogens is 386 g/mol. The highest BCUT2D eigenvalue weighted by Crippen LogP contribution is 2.25. The lowest BCUT2D eigenvalue weighted by molar-refractivity contribution is -0.137. The van der Waals surface area contributed by atoms with E-state index in [-0.39, 0.29) is 17.7 Å². The van der Waals surface area contributed by atoms with Crippen molar-refractivity contribution in [1.82, 2.24) is 29.3 Å². The van der Waals surface area contributed by atoms with E-state index < -0.39 is 0 Å². The van der Waals surface area contributed by atoms with Crippen molar-refractivity contribution in [3.8, 4) is 5.82 Å². The maximum atomic E-state index is 12.8. The number of furan rings is 1. The summed E-state index contributed by atoms with van der Waals surface area (Å²) < 4.78 is 7.00. The number of carbonyl (C=O) groups is 2. The van der Waals surface area contributed by atoms with Gasteiger partial charge in [-0.15, -0.1) is 0 Å². The molecule has 5 rings (SSSR count). The van der Waals surface area contributed by atoms with Crippen molar-refractivity contribution in [2.24, 2.45) is 5.92 Å². The topological polar surface area (TPSA) is 101 Å². The highest BCUT2D eigenvalue weighted by atomic mass is 16.3. The number of anilines is 1. The van der Waals surface area contributed by atoms with Crippen LogP contribution in [0.15, 0.2) is 53.9 Å². The Hall–Kier alpha value is -3.69. The molecule has 0 aromatic carbocycles. The fraction of sp³-hybridized carbons (Fsp3) is 0.350. The number of amides is 2. The number of nitrogens with zero attached hydrogens (tertiary/aromatic N) is 7. The summed E-state index contributed by atoms with van der Waals surface area (Å²) in [5.74, 6) is 1.84. The second kappa shape index (κ2) is 7.62. The summed E-state index contributed by atoms with van der Waals surface area (Å²) in [6.45, 7) is 3.37. The van der Waals surface area contributed by atoms with E-state index in [0.29, 0.717) is 45.0 Å². The lowest BCUT2D eigenvalue weighted by Crippen LogP contribution is -2.58. The standard InChI is InChI=1S/C20H21N7O3/c28-19(24-5-7-25(8-6-24)20(29)16-2-1-9-30-16)15-11-27(12-15)18-10-17(22-13-23-18)26-4-3-21-14-26/h1-4,9-10,13-15H,5-8,11-12H2. The van der Waals surface area contributed by atoms with Crippen molar-refractivity contribution in [1.29, 1.82) is 0 Å². The quantitative estimate of drug-likeness (QED) is 0.627. The minimum Gasteiger partial charge on any atom is -0.459 e. The molecule has 10 nitrogen and oxygen atoms in total. The molecule has 154 valence electrons. The fourth-order valence-corrected chi connectivity index (χ4v) is 3.81. The molecule has 0 aliphatic carbocycles. The predicted octanol–water partition coefficient (Wildman–Crippen LogP) is 0.676. The number of imidazole rings is 1. The molecular formula is C20H21N7O3. The van der Waals surface area contributed by atoms with E-state index in [1.54, 1.807) is 29.6 Å². The van der Waals surface area contributed by atoms with Crippen LogP contribution in [0, 0.1) is 5.92 Å². The van der Waals surface area contributed by atoms with Crippen LogP contribution < -0.4 is 4.90 Å². The number of hydrogen-bond acceptors (Lipinski definition) is 7. The maximum Gasteiger partial charge on any atom is 0.289 e. The first-order valence-electron chi connectivity index (χ1n) is 9.86. The Morgan fingerprint density at radius 1 is 1.03 bits per heavy atom. The molecule has 2 aliphatic rings. The summed E-state index contributed by atoms with van der Waals surface area (Å²) in [5.41, 5.74) is 0. The first-order chi connectivity index (χ1) is 14.7. The summed E-state index contributed by atoms with van der Waals surface area (Å²) >= 11 is 0. The molecule has 0 radical (unpaired) electrons. The molecule has 10 heteroatoms. The Bertz CT molecular complexity index is 1020. The van der Waals surface area contributed by atoms with Crippen LogP contribution in [0.5, 0.6) is 0 Å². The van der Waals surface area contributed by atoms with Crippen LogP contribution in [0.4, 0.5) is 5.82 Å². The van der Waals surface area contributed by atoms with Crippen molar-refractivity contribution >= 4 is 17.6 Å². The first kappa shape index (κ1) is 18.3. The third-order valence-electron chi connectivity index (χ3n) is 5.57.